The molecule has 2 aromatic carbocycles. The van der Waals surface area contributed by atoms with Crippen molar-refractivity contribution in [3.8, 4) is 0 Å². The van der Waals surface area contributed by atoms with E-state index in [1.54, 1.807) is 0 Å². The third-order valence-corrected chi connectivity index (χ3v) is 7.25. The molecule has 2 fully saturated rings. The van der Waals surface area contributed by atoms with Crippen LogP contribution in [0.4, 0.5) is 5.82 Å². The average Bonchev–Trinajstić information content (AvgIpc) is 2.94. The molecule has 35 heavy (non-hydrogen) atoms. The number of benzene rings is 2. The minimum absolute atomic E-state index is 0.275. The van der Waals surface area contributed by atoms with E-state index >= 15 is 0 Å². The molecule has 0 aliphatic carbocycles. The van der Waals surface area contributed by atoms with Crippen LogP contribution in [-0.4, -0.2) is 84.5 Å². The molecular weight excluding hydrogens is 434 g/mol. The molecule has 5 rings (SSSR count). The fourth-order valence-electron chi connectivity index (χ4n) is 5.27. The maximum Gasteiger partial charge on any atom is 0.223 e. The Morgan fingerprint density at radius 1 is 0.714 bits per heavy atom. The minimum Gasteiger partial charge on any atom is -0.353 e. The molecule has 2 aliphatic heterocycles. The quantitative estimate of drug-likeness (QED) is 0.530. The van der Waals surface area contributed by atoms with Crippen molar-refractivity contribution in [1.82, 2.24) is 19.7 Å². The van der Waals surface area contributed by atoms with Crippen LogP contribution >= 0.6 is 0 Å². The lowest BCUT2D eigenvalue weighted by atomic mass is 9.96. The molecule has 2 saturated heterocycles. The van der Waals surface area contributed by atoms with E-state index in [2.05, 4.69) is 80.3 Å². The van der Waals surface area contributed by atoms with Crippen molar-refractivity contribution in [2.75, 3.05) is 63.8 Å². The Hall–Kier alpha value is -3.22. The van der Waals surface area contributed by atoms with E-state index in [9.17, 15) is 4.79 Å². The zero-order valence-electron chi connectivity index (χ0n) is 20.4. The Bertz CT molecular complexity index is 1010. The summed E-state index contributed by atoms with van der Waals surface area (Å²) in [4.78, 5) is 26.6. The van der Waals surface area contributed by atoms with Crippen molar-refractivity contribution in [2.45, 2.75) is 12.5 Å². The molecule has 0 saturated carbocycles. The number of piperazine rings is 2. The zero-order chi connectivity index (χ0) is 23.9. The van der Waals surface area contributed by atoms with Crippen molar-refractivity contribution in [3.63, 3.8) is 0 Å². The number of hydrogen-bond acceptors (Lipinski definition) is 5. The number of anilines is 1. The molecular formula is C29H35N5O. The first-order valence-electron chi connectivity index (χ1n) is 12.8. The van der Waals surface area contributed by atoms with E-state index in [1.807, 2.05) is 29.3 Å². The highest BCUT2D eigenvalue weighted by Crippen LogP contribution is 2.29. The molecule has 0 N–H and O–H groups in total. The van der Waals surface area contributed by atoms with E-state index in [1.165, 1.54) is 11.1 Å². The highest BCUT2D eigenvalue weighted by molar-refractivity contribution is 5.76. The molecule has 0 unspecified atom stereocenters. The summed E-state index contributed by atoms with van der Waals surface area (Å²) in [6, 6.07) is 27.9. The van der Waals surface area contributed by atoms with Crippen LogP contribution in [0.25, 0.3) is 0 Å². The monoisotopic (exact) mass is 469 g/mol. The van der Waals surface area contributed by atoms with E-state index < -0.39 is 0 Å². The Kier molecular flexibility index (Phi) is 7.71. The van der Waals surface area contributed by atoms with Gasteiger partial charge in [-0.3, -0.25) is 9.69 Å². The van der Waals surface area contributed by atoms with Crippen LogP contribution in [0.5, 0.6) is 0 Å². The van der Waals surface area contributed by atoms with E-state index in [0.717, 1.165) is 64.7 Å². The largest absolute Gasteiger partial charge is 0.353 e. The van der Waals surface area contributed by atoms with Crippen LogP contribution in [0.15, 0.2) is 85.1 Å². The van der Waals surface area contributed by atoms with Crippen molar-refractivity contribution in [2.24, 2.45) is 0 Å². The second-order valence-corrected chi connectivity index (χ2v) is 9.41. The predicted octanol–water partition coefficient (Wildman–Crippen LogP) is 3.53. The first-order valence-corrected chi connectivity index (χ1v) is 12.8. The fraction of sp³-hybridized carbons (Fsp3) is 0.379. The molecule has 1 aromatic heterocycles. The standard InChI is InChI=1S/C29H35N5O/c35-28(33-23-21-32(22-24-33)27-13-7-8-15-30-27)14-16-31-17-19-34(20-18-31)29(25-9-3-1-4-10-25)26-11-5-2-6-12-26/h1-13,15,29H,14,16-24H2. The van der Waals surface area contributed by atoms with Gasteiger partial charge in [0, 0.05) is 71.5 Å². The zero-order valence-corrected chi connectivity index (χ0v) is 20.4. The van der Waals surface area contributed by atoms with Gasteiger partial charge >= 0.3 is 0 Å². The lowest BCUT2D eigenvalue weighted by Gasteiger charge is -2.40. The first-order chi connectivity index (χ1) is 17.3. The highest BCUT2D eigenvalue weighted by atomic mass is 16.2. The van der Waals surface area contributed by atoms with Crippen LogP contribution in [0.3, 0.4) is 0 Å². The predicted molar refractivity (Wildman–Crippen MR) is 140 cm³/mol. The maximum atomic E-state index is 12.9. The third kappa shape index (κ3) is 5.89. The van der Waals surface area contributed by atoms with Gasteiger partial charge in [0.25, 0.3) is 0 Å². The second kappa shape index (κ2) is 11.5. The molecule has 0 bridgehead atoms. The average molecular weight is 470 g/mol. The fourth-order valence-corrected chi connectivity index (χ4v) is 5.27. The highest BCUT2D eigenvalue weighted by Gasteiger charge is 2.27. The summed E-state index contributed by atoms with van der Waals surface area (Å²) >= 11 is 0. The maximum absolute atomic E-state index is 12.9. The number of carbonyl (C=O) groups is 1. The molecule has 3 heterocycles. The van der Waals surface area contributed by atoms with Crippen molar-refractivity contribution < 1.29 is 4.79 Å². The molecule has 0 radical (unpaired) electrons. The van der Waals surface area contributed by atoms with Crippen LogP contribution in [0, 0.1) is 0 Å². The molecule has 3 aromatic rings. The third-order valence-electron chi connectivity index (χ3n) is 7.25. The van der Waals surface area contributed by atoms with Crippen LogP contribution < -0.4 is 4.90 Å². The number of pyridine rings is 1. The van der Waals surface area contributed by atoms with Crippen LogP contribution in [0.2, 0.25) is 0 Å². The van der Waals surface area contributed by atoms with Crippen molar-refractivity contribution >= 4 is 11.7 Å². The molecule has 6 heteroatoms. The number of amides is 1. The molecule has 6 nitrogen and oxygen atoms in total. The Morgan fingerprint density at radius 3 is 1.89 bits per heavy atom. The van der Waals surface area contributed by atoms with E-state index in [4.69, 9.17) is 0 Å². The van der Waals surface area contributed by atoms with Crippen LogP contribution in [-0.2, 0) is 4.79 Å². The summed E-state index contributed by atoms with van der Waals surface area (Å²) in [5, 5.41) is 0. The summed E-state index contributed by atoms with van der Waals surface area (Å²) in [7, 11) is 0. The van der Waals surface area contributed by atoms with Gasteiger partial charge < -0.3 is 14.7 Å². The van der Waals surface area contributed by atoms with E-state index in [0.29, 0.717) is 6.42 Å². The number of carbonyl (C=O) groups excluding carboxylic acids is 1. The number of rotatable bonds is 7. The number of aromatic nitrogens is 1. The van der Waals surface area contributed by atoms with Crippen molar-refractivity contribution in [3.05, 3.63) is 96.2 Å². The van der Waals surface area contributed by atoms with Gasteiger partial charge in [0.2, 0.25) is 5.91 Å². The second-order valence-electron chi connectivity index (χ2n) is 9.41. The number of hydrogen-bond donors (Lipinski definition) is 0. The summed E-state index contributed by atoms with van der Waals surface area (Å²) in [6.07, 6.45) is 2.43. The first kappa shape index (κ1) is 23.5. The summed E-state index contributed by atoms with van der Waals surface area (Å²) < 4.78 is 0. The Morgan fingerprint density at radius 2 is 1.31 bits per heavy atom. The van der Waals surface area contributed by atoms with Gasteiger partial charge in [0.05, 0.1) is 6.04 Å². The molecule has 1 amide bonds. The summed E-state index contributed by atoms with van der Waals surface area (Å²) in [6.45, 7) is 8.10. The van der Waals surface area contributed by atoms with Gasteiger partial charge in [-0.2, -0.15) is 0 Å². The number of nitrogens with zero attached hydrogens (tertiary/aromatic N) is 5. The normalized spacial score (nSPS) is 17.6. The molecule has 0 atom stereocenters. The molecule has 182 valence electrons. The van der Waals surface area contributed by atoms with Gasteiger partial charge in [-0.1, -0.05) is 66.7 Å². The summed E-state index contributed by atoms with van der Waals surface area (Å²) in [5.74, 6) is 1.28. The Labute approximate surface area is 208 Å². The topological polar surface area (TPSA) is 42.9 Å². The van der Waals surface area contributed by atoms with Gasteiger partial charge in [0.15, 0.2) is 0 Å². The SMILES string of the molecule is O=C(CCN1CCN(C(c2ccccc2)c2ccccc2)CC1)N1CCN(c2ccccn2)CC1. The lowest BCUT2D eigenvalue weighted by molar-refractivity contribution is -0.131. The van der Waals surface area contributed by atoms with Gasteiger partial charge in [-0.15, -0.1) is 0 Å². The molecule has 2 aliphatic rings. The lowest BCUT2D eigenvalue weighted by Crippen LogP contribution is -2.51. The minimum atomic E-state index is 0.275. The smallest absolute Gasteiger partial charge is 0.223 e. The van der Waals surface area contributed by atoms with E-state index in [-0.39, 0.29) is 11.9 Å². The Balaban J connectivity index is 1.10. The van der Waals surface area contributed by atoms with Gasteiger partial charge in [0.1, 0.15) is 5.82 Å². The van der Waals surface area contributed by atoms with Crippen LogP contribution in [0.1, 0.15) is 23.6 Å². The summed E-state index contributed by atoms with van der Waals surface area (Å²) in [5.41, 5.74) is 2.68. The van der Waals surface area contributed by atoms with Crippen molar-refractivity contribution in [1.29, 1.82) is 0 Å². The van der Waals surface area contributed by atoms with Gasteiger partial charge in [-0.25, -0.2) is 4.98 Å². The molecule has 0 spiro atoms. The van der Waals surface area contributed by atoms with Gasteiger partial charge in [-0.05, 0) is 23.3 Å².